The van der Waals surface area contributed by atoms with Crippen LogP contribution in [0.1, 0.15) is 11.1 Å². The molecule has 3 heteroatoms. The smallest absolute Gasteiger partial charge is 0.335 e. The van der Waals surface area contributed by atoms with E-state index in [9.17, 15) is 4.79 Å². The van der Waals surface area contributed by atoms with Crippen molar-refractivity contribution < 1.29 is 9.53 Å². The van der Waals surface area contributed by atoms with E-state index < -0.39 is 5.97 Å². The van der Waals surface area contributed by atoms with Crippen LogP contribution < -0.4 is 4.74 Å². The summed E-state index contributed by atoms with van der Waals surface area (Å²) >= 11 is 6.47. The van der Waals surface area contributed by atoms with Gasteiger partial charge in [-0.1, -0.05) is 72.8 Å². The molecular formula is C20H15ClO2. The Balaban J connectivity index is 2.18. The van der Waals surface area contributed by atoms with E-state index in [1.165, 1.54) is 0 Å². The maximum Gasteiger partial charge on any atom is 0.335 e. The van der Waals surface area contributed by atoms with Gasteiger partial charge in [0.1, 0.15) is 5.75 Å². The second-order valence-electron chi connectivity index (χ2n) is 5.17. The van der Waals surface area contributed by atoms with Gasteiger partial charge in [0, 0.05) is 28.5 Å². The zero-order chi connectivity index (χ0) is 16.2. The predicted molar refractivity (Wildman–Crippen MR) is 94.0 cm³/mol. The highest BCUT2D eigenvalue weighted by atomic mass is 35.5. The van der Waals surface area contributed by atoms with Gasteiger partial charge in [-0.25, -0.2) is 4.79 Å². The summed E-state index contributed by atoms with van der Waals surface area (Å²) in [5, 5.41) is 2.37. The molecule has 0 atom stereocenters. The van der Waals surface area contributed by atoms with Crippen molar-refractivity contribution in [3.8, 4) is 5.75 Å². The van der Waals surface area contributed by atoms with Crippen LogP contribution in [-0.4, -0.2) is 5.97 Å². The summed E-state index contributed by atoms with van der Waals surface area (Å²) in [6, 6.07) is 19.5. The van der Waals surface area contributed by atoms with Crippen LogP contribution in [0.5, 0.6) is 5.75 Å². The molecule has 0 aliphatic rings. The third-order valence-electron chi connectivity index (χ3n) is 3.64. The molecule has 0 aliphatic heterocycles. The second kappa shape index (κ2) is 6.67. The van der Waals surface area contributed by atoms with Gasteiger partial charge >= 0.3 is 5.97 Å². The van der Waals surface area contributed by atoms with E-state index in [4.69, 9.17) is 16.3 Å². The number of halogens is 1. The van der Waals surface area contributed by atoms with E-state index in [1.807, 2.05) is 60.7 Å². The predicted octanol–water partition coefficient (Wildman–Crippen LogP) is 5.18. The maximum absolute atomic E-state index is 11.8. The molecule has 114 valence electrons. The van der Waals surface area contributed by atoms with Crippen molar-refractivity contribution in [2.24, 2.45) is 0 Å². The fraction of sp³-hybridized carbons (Fsp3) is 0.0500. The lowest BCUT2D eigenvalue weighted by Gasteiger charge is -2.14. The molecular weight excluding hydrogens is 308 g/mol. The molecule has 0 fully saturated rings. The first-order valence-electron chi connectivity index (χ1n) is 7.27. The summed E-state index contributed by atoms with van der Waals surface area (Å²) in [5.41, 5.74) is 1.90. The number of ether oxygens (including phenoxy) is 1. The van der Waals surface area contributed by atoms with Gasteiger partial charge in [0.15, 0.2) is 0 Å². The van der Waals surface area contributed by atoms with Crippen molar-refractivity contribution in [1.82, 2.24) is 0 Å². The Kier molecular flexibility index (Phi) is 4.45. The molecule has 3 aromatic carbocycles. The van der Waals surface area contributed by atoms with Gasteiger partial charge in [-0.3, -0.25) is 0 Å². The third-order valence-corrected chi connectivity index (χ3v) is 3.98. The number of rotatable bonds is 4. The van der Waals surface area contributed by atoms with Crippen molar-refractivity contribution >= 4 is 28.3 Å². The largest absolute Gasteiger partial charge is 0.422 e. The maximum atomic E-state index is 11.8. The fourth-order valence-corrected chi connectivity index (χ4v) is 2.82. The molecule has 0 saturated heterocycles. The third kappa shape index (κ3) is 3.27. The average molecular weight is 323 g/mol. The molecule has 0 radical (unpaired) electrons. The van der Waals surface area contributed by atoms with Crippen LogP contribution in [0, 0.1) is 0 Å². The Labute approximate surface area is 140 Å². The summed E-state index contributed by atoms with van der Waals surface area (Å²) < 4.78 is 5.52. The highest BCUT2D eigenvalue weighted by Gasteiger charge is 2.16. The van der Waals surface area contributed by atoms with Crippen molar-refractivity contribution in [3.63, 3.8) is 0 Å². The first kappa shape index (κ1) is 15.3. The molecule has 0 aliphatic carbocycles. The first-order chi connectivity index (χ1) is 11.2. The van der Waals surface area contributed by atoms with Gasteiger partial charge in [0.2, 0.25) is 0 Å². The summed E-state index contributed by atoms with van der Waals surface area (Å²) in [6.07, 6.45) is 1.74. The Bertz CT molecular complexity index is 869. The van der Waals surface area contributed by atoms with Gasteiger partial charge in [0.25, 0.3) is 0 Å². The summed E-state index contributed by atoms with van der Waals surface area (Å²) in [5.74, 6) is 0.00795. The molecule has 23 heavy (non-hydrogen) atoms. The molecule has 3 rings (SSSR count). The SMILES string of the molecule is C=CC(=O)Oc1c(Cc2ccccc2)c(Cl)cc2ccccc12. The number of hydrogen-bond donors (Lipinski definition) is 0. The fourth-order valence-electron chi connectivity index (χ4n) is 2.55. The van der Waals surface area contributed by atoms with E-state index in [1.54, 1.807) is 0 Å². The van der Waals surface area contributed by atoms with Crippen molar-refractivity contribution in [2.45, 2.75) is 6.42 Å². The number of hydrogen-bond acceptors (Lipinski definition) is 2. The van der Waals surface area contributed by atoms with Crippen LogP contribution in [0.15, 0.2) is 73.3 Å². The zero-order valence-corrected chi connectivity index (χ0v) is 13.2. The second-order valence-corrected chi connectivity index (χ2v) is 5.58. The van der Waals surface area contributed by atoms with E-state index >= 15 is 0 Å². The van der Waals surface area contributed by atoms with Crippen molar-refractivity contribution in [3.05, 3.63) is 89.5 Å². The number of carbonyl (C=O) groups is 1. The van der Waals surface area contributed by atoms with E-state index in [0.717, 1.165) is 28.0 Å². The number of fused-ring (bicyclic) bond motifs is 1. The van der Waals surface area contributed by atoms with Crippen LogP contribution in [0.3, 0.4) is 0 Å². The standard InChI is InChI=1S/C20H15ClO2/c1-2-19(22)23-20-16-11-7-6-10-15(16)13-18(21)17(20)12-14-8-4-3-5-9-14/h2-11,13H,1,12H2. The minimum absolute atomic E-state index is 0.494. The quantitative estimate of drug-likeness (QED) is 0.376. The molecule has 0 heterocycles. The van der Waals surface area contributed by atoms with Gasteiger partial charge < -0.3 is 4.74 Å². The normalized spacial score (nSPS) is 10.5. The Morgan fingerprint density at radius 2 is 1.78 bits per heavy atom. The van der Waals surface area contributed by atoms with Crippen LogP contribution in [0.2, 0.25) is 5.02 Å². The number of benzene rings is 3. The lowest BCUT2D eigenvalue weighted by atomic mass is 9.99. The zero-order valence-electron chi connectivity index (χ0n) is 12.5. The molecule has 3 aromatic rings. The average Bonchev–Trinajstić information content (AvgIpc) is 2.58. The van der Waals surface area contributed by atoms with Gasteiger partial charge in [-0.15, -0.1) is 0 Å². The molecule has 0 unspecified atom stereocenters. The van der Waals surface area contributed by atoms with Crippen molar-refractivity contribution in [1.29, 1.82) is 0 Å². The number of esters is 1. The monoisotopic (exact) mass is 322 g/mol. The van der Waals surface area contributed by atoms with E-state index in [0.29, 0.717) is 17.2 Å². The summed E-state index contributed by atoms with van der Waals surface area (Å²) in [7, 11) is 0. The molecule has 0 bridgehead atoms. The molecule has 0 saturated carbocycles. The summed E-state index contributed by atoms with van der Waals surface area (Å²) in [4.78, 5) is 11.8. The highest BCUT2D eigenvalue weighted by molar-refractivity contribution is 6.32. The van der Waals surface area contributed by atoms with Crippen LogP contribution in [0.4, 0.5) is 0 Å². The topological polar surface area (TPSA) is 26.3 Å². The number of carbonyl (C=O) groups excluding carboxylic acids is 1. The van der Waals surface area contributed by atoms with E-state index in [-0.39, 0.29) is 0 Å². The minimum atomic E-state index is -0.494. The Morgan fingerprint density at radius 1 is 1.09 bits per heavy atom. The lowest BCUT2D eigenvalue weighted by Crippen LogP contribution is -2.07. The van der Waals surface area contributed by atoms with Crippen molar-refractivity contribution in [2.75, 3.05) is 0 Å². The van der Waals surface area contributed by atoms with Crippen LogP contribution >= 0.6 is 11.6 Å². The van der Waals surface area contributed by atoms with Gasteiger partial charge in [-0.05, 0) is 17.0 Å². The van der Waals surface area contributed by atoms with Gasteiger partial charge in [-0.2, -0.15) is 0 Å². The van der Waals surface area contributed by atoms with Crippen LogP contribution in [-0.2, 0) is 11.2 Å². The minimum Gasteiger partial charge on any atom is -0.422 e. The first-order valence-corrected chi connectivity index (χ1v) is 7.65. The highest BCUT2D eigenvalue weighted by Crippen LogP contribution is 2.37. The molecule has 0 aromatic heterocycles. The summed E-state index contributed by atoms with van der Waals surface area (Å²) in [6.45, 7) is 3.47. The molecule has 0 spiro atoms. The Morgan fingerprint density at radius 3 is 2.52 bits per heavy atom. The van der Waals surface area contributed by atoms with E-state index in [2.05, 4.69) is 6.58 Å². The lowest BCUT2D eigenvalue weighted by molar-refractivity contribution is -0.128. The molecule has 2 nitrogen and oxygen atoms in total. The van der Waals surface area contributed by atoms with Gasteiger partial charge in [0.05, 0.1) is 0 Å². The molecule has 0 amide bonds. The van der Waals surface area contributed by atoms with Crippen LogP contribution in [0.25, 0.3) is 10.8 Å². The Hall–Kier alpha value is -2.58. The molecule has 0 N–H and O–H groups in total.